The molecule has 1 amide bonds. The molecule has 0 fully saturated rings. The normalized spacial score (nSPS) is 13.4. The highest BCUT2D eigenvalue weighted by atomic mass is 16.6. The fourth-order valence-electron chi connectivity index (χ4n) is 3.66. The van der Waals surface area contributed by atoms with Gasteiger partial charge in [-0.05, 0) is 48.9 Å². The third-order valence-corrected chi connectivity index (χ3v) is 5.33. The third-order valence-electron chi connectivity index (χ3n) is 5.33. The van der Waals surface area contributed by atoms with Gasteiger partial charge < -0.3 is 14.8 Å². The predicted molar refractivity (Wildman–Crippen MR) is 120 cm³/mol. The average molecular weight is 426 g/mol. The summed E-state index contributed by atoms with van der Waals surface area (Å²) < 4.78 is 13.0. The van der Waals surface area contributed by atoms with E-state index in [1.54, 1.807) is 23.3 Å². The number of amides is 1. The Morgan fingerprint density at radius 3 is 2.62 bits per heavy atom. The molecule has 2 aromatic heterocycles. The fraction of sp³-hybridized carbons (Fsp3) is 0.160. The maximum absolute atomic E-state index is 13.3. The Hall–Kier alpha value is -4.13. The predicted octanol–water partition coefficient (Wildman–Crippen LogP) is 4.20. The summed E-state index contributed by atoms with van der Waals surface area (Å²) in [6.07, 6.45) is 5.16. The molecule has 5 rings (SSSR count). The molecule has 0 saturated heterocycles. The number of hydrogen-bond donors (Lipinski definition) is 1. The Morgan fingerprint density at radius 2 is 1.84 bits per heavy atom. The molecule has 3 heterocycles. The van der Waals surface area contributed by atoms with Crippen molar-refractivity contribution in [3.8, 4) is 28.4 Å². The van der Waals surface area contributed by atoms with Crippen LogP contribution in [0.1, 0.15) is 28.9 Å². The average Bonchev–Trinajstić information content (AvgIpc) is 3.31. The van der Waals surface area contributed by atoms with E-state index in [0.29, 0.717) is 30.2 Å². The zero-order valence-corrected chi connectivity index (χ0v) is 17.6. The molecule has 1 aliphatic heterocycles. The molecular weight excluding hydrogens is 404 g/mol. The van der Waals surface area contributed by atoms with Crippen LogP contribution < -0.4 is 14.8 Å². The van der Waals surface area contributed by atoms with Crippen LogP contribution in [0.25, 0.3) is 16.9 Å². The lowest BCUT2D eigenvalue weighted by molar-refractivity contribution is 0.0940. The quantitative estimate of drug-likeness (QED) is 0.518. The zero-order valence-electron chi connectivity index (χ0n) is 17.6. The number of benzene rings is 2. The van der Waals surface area contributed by atoms with Crippen molar-refractivity contribution >= 4 is 5.91 Å². The number of hydrogen-bond acceptors (Lipinski definition) is 5. The summed E-state index contributed by atoms with van der Waals surface area (Å²) >= 11 is 0. The maximum atomic E-state index is 13.3. The van der Waals surface area contributed by atoms with Crippen LogP contribution in [0.5, 0.6) is 11.5 Å². The number of aromatic nitrogens is 3. The minimum atomic E-state index is -0.236. The first-order valence-electron chi connectivity index (χ1n) is 10.4. The van der Waals surface area contributed by atoms with E-state index in [9.17, 15) is 4.79 Å². The van der Waals surface area contributed by atoms with Crippen LogP contribution in [0.2, 0.25) is 0 Å². The topological polar surface area (TPSA) is 78.3 Å². The van der Waals surface area contributed by atoms with E-state index in [-0.39, 0.29) is 11.9 Å². The number of carbonyl (C=O) groups excluding carboxylic acids is 1. The van der Waals surface area contributed by atoms with E-state index < -0.39 is 0 Å². The summed E-state index contributed by atoms with van der Waals surface area (Å²) in [5.41, 5.74) is 3.64. The van der Waals surface area contributed by atoms with Crippen molar-refractivity contribution < 1.29 is 14.3 Å². The van der Waals surface area contributed by atoms with Gasteiger partial charge in [-0.15, -0.1) is 0 Å². The summed E-state index contributed by atoms with van der Waals surface area (Å²) in [6, 6.07) is 18.9. The van der Waals surface area contributed by atoms with Crippen LogP contribution in [0.3, 0.4) is 0 Å². The van der Waals surface area contributed by atoms with Gasteiger partial charge in [0.15, 0.2) is 11.5 Å². The summed E-state index contributed by atoms with van der Waals surface area (Å²) in [5, 5.41) is 7.77. The van der Waals surface area contributed by atoms with Crippen molar-refractivity contribution in [2.45, 2.75) is 13.0 Å². The van der Waals surface area contributed by atoms with Crippen LogP contribution in [0.4, 0.5) is 0 Å². The van der Waals surface area contributed by atoms with Crippen molar-refractivity contribution in [1.29, 1.82) is 0 Å². The molecule has 1 atom stereocenters. The number of pyridine rings is 1. The van der Waals surface area contributed by atoms with Gasteiger partial charge in [-0.3, -0.25) is 9.78 Å². The van der Waals surface area contributed by atoms with Crippen LogP contribution in [0, 0.1) is 0 Å². The minimum absolute atomic E-state index is 0.214. The van der Waals surface area contributed by atoms with E-state index in [2.05, 4.69) is 15.4 Å². The number of rotatable bonds is 5. The first kappa shape index (κ1) is 19.8. The van der Waals surface area contributed by atoms with Crippen molar-refractivity contribution in [2.24, 2.45) is 0 Å². The second-order valence-electron chi connectivity index (χ2n) is 7.51. The standard InChI is InChI=1S/C25H22N4O3/c1-17(18-9-10-22-23(14-18)32-13-12-31-22)27-25(30)21-16-29(20-7-3-2-4-8-20)28-24(21)19-6-5-11-26-15-19/h2-11,14-17H,12-13H2,1H3,(H,27,30)/t17-/m0/s1. The summed E-state index contributed by atoms with van der Waals surface area (Å²) in [5.74, 6) is 1.21. The van der Waals surface area contributed by atoms with Crippen molar-refractivity contribution in [2.75, 3.05) is 13.2 Å². The number of carbonyl (C=O) groups is 1. The molecule has 160 valence electrons. The van der Waals surface area contributed by atoms with Gasteiger partial charge in [-0.25, -0.2) is 4.68 Å². The maximum Gasteiger partial charge on any atom is 0.255 e. The Morgan fingerprint density at radius 1 is 1.03 bits per heavy atom. The SMILES string of the molecule is C[C@H](NC(=O)c1cn(-c2ccccc2)nc1-c1cccnc1)c1ccc2c(c1)OCCO2. The fourth-order valence-corrected chi connectivity index (χ4v) is 3.66. The first-order chi connectivity index (χ1) is 15.7. The Bertz CT molecular complexity index is 1240. The highest BCUT2D eigenvalue weighted by Crippen LogP contribution is 2.33. The van der Waals surface area contributed by atoms with Gasteiger partial charge in [0, 0.05) is 24.2 Å². The van der Waals surface area contributed by atoms with Gasteiger partial charge in [0.05, 0.1) is 17.3 Å². The zero-order chi connectivity index (χ0) is 21.9. The number of nitrogens with one attached hydrogen (secondary N) is 1. The van der Waals surface area contributed by atoms with E-state index >= 15 is 0 Å². The van der Waals surface area contributed by atoms with Crippen molar-refractivity contribution in [3.63, 3.8) is 0 Å². The molecule has 7 nitrogen and oxygen atoms in total. The molecule has 7 heteroatoms. The van der Waals surface area contributed by atoms with Crippen LogP contribution in [0.15, 0.2) is 79.3 Å². The molecule has 2 aromatic carbocycles. The monoisotopic (exact) mass is 426 g/mol. The molecule has 4 aromatic rings. The molecule has 0 unspecified atom stereocenters. The summed E-state index contributed by atoms with van der Waals surface area (Å²) in [4.78, 5) is 17.5. The second kappa shape index (κ2) is 8.55. The van der Waals surface area contributed by atoms with Gasteiger partial charge >= 0.3 is 0 Å². The molecule has 32 heavy (non-hydrogen) atoms. The van der Waals surface area contributed by atoms with E-state index in [0.717, 1.165) is 22.6 Å². The molecule has 0 radical (unpaired) electrons. The Balaban J connectivity index is 1.45. The summed E-state index contributed by atoms with van der Waals surface area (Å²) in [7, 11) is 0. The molecule has 1 aliphatic rings. The number of ether oxygens (including phenoxy) is 2. The molecule has 1 N–H and O–H groups in total. The van der Waals surface area contributed by atoms with Crippen LogP contribution in [-0.2, 0) is 0 Å². The largest absolute Gasteiger partial charge is 0.486 e. The van der Waals surface area contributed by atoms with E-state index in [1.807, 2.05) is 67.6 Å². The molecule has 0 bridgehead atoms. The lowest BCUT2D eigenvalue weighted by Crippen LogP contribution is -2.27. The van der Waals surface area contributed by atoms with Crippen molar-refractivity contribution in [1.82, 2.24) is 20.1 Å². The second-order valence-corrected chi connectivity index (χ2v) is 7.51. The van der Waals surface area contributed by atoms with Gasteiger partial charge in [-0.1, -0.05) is 24.3 Å². The summed E-state index contributed by atoms with van der Waals surface area (Å²) in [6.45, 7) is 3.00. The minimum Gasteiger partial charge on any atom is -0.486 e. The lowest BCUT2D eigenvalue weighted by atomic mass is 10.1. The first-order valence-corrected chi connectivity index (χ1v) is 10.4. The highest BCUT2D eigenvalue weighted by molar-refractivity contribution is 6.00. The van der Waals surface area contributed by atoms with Gasteiger partial charge in [0.2, 0.25) is 0 Å². The number of para-hydroxylation sites is 1. The van der Waals surface area contributed by atoms with E-state index in [4.69, 9.17) is 9.47 Å². The van der Waals surface area contributed by atoms with Crippen LogP contribution >= 0.6 is 0 Å². The number of nitrogens with zero attached hydrogens (tertiary/aromatic N) is 3. The molecule has 0 saturated carbocycles. The molecule has 0 spiro atoms. The highest BCUT2D eigenvalue weighted by Gasteiger charge is 2.22. The molecule has 0 aliphatic carbocycles. The third kappa shape index (κ3) is 3.92. The smallest absolute Gasteiger partial charge is 0.255 e. The lowest BCUT2D eigenvalue weighted by Gasteiger charge is -2.21. The number of fused-ring (bicyclic) bond motifs is 1. The Labute approximate surface area is 185 Å². The van der Waals surface area contributed by atoms with Crippen LogP contribution in [-0.4, -0.2) is 33.9 Å². The molecular formula is C25H22N4O3. The van der Waals surface area contributed by atoms with Gasteiger partial charge in [0.1, 0.15) is 18.9 Å². The van der Waals surface area contributed by atoms with Gasteiger partial charge in [-0.2, -0.15) is 5.10 Å². The van der Waals surface area contributed by atoms with E-state index in [1.165, 1.54) is 0 Å². The van der Waals surface area contributed by atoms with Crippen molar-refractivity contribution in [3.05, 3.63) is 90.4 Å². The Kier molecular flexibility index (Phi) is 5.29. The van der Waals surface area contributed by atoms with Gasteiger partial charge in [0.25, 0.3) is 5.91 Å².